The highest BCUT2D eigenvalue weighted by Gasteiger charge is 2.35. The molecule has 9 heteroatoms. The number of carboxylic acid groups (broad SMARTS) is 1. The van der Waals surface area contributed by atoms with Gasteiger partial charge in [0.1, 0.15) is 11.4 Å². The van der Waals surface area contributed by atoms with Crippen LogP contribution in [0.1, 0.15) is 17.3 Å². The van der Waals surface area contributed by atoms with Gasteiger partial charge in [-0.15, -0.1) is 11.3 Å². The van der Waals surface area contributed by atoms with Gasteiger partial charge in [0, 0.05) is 36.4 Å². The predicted octanol–water partition coefficient (Wildman–Crippen LogP) is 1.34. The third kappa shape index (κ3) is 2.47. The van der Waals surface area contributed by atoms with Gasteiger partial charge >= 0.3 is 5.97 Å². The number of hydrogen-bond donors (Lipinski definition) is 2. The van der Waals surface area contributed by atoms with E-state index in [0.717, 1.165) is 12.4 Å². The zero-order valence-corrected chi connectivity index (χ0v) is 15.0. The van der Waals surface area contributed by atoms with Crippen LogP contribution in [0.5, 0.6) is 0 Å². The van der Waals surface area contributed by atoms with Crippen LogP contribution < -0.4 is 15.6 Å². The fourth-order valence-corrected chi connectivity index (χ4v) is 3.85. The predicted molar refractivity (Wildman–Crippen MR) is 99.6 cm³/mol. The highest BCUT2D eigenvalue weighted by atomic mass is 32.1. The number of pyridine rings is 2. The summed E-state index contributed by atoms with van der Waals surface area (Å²) < 4.78 is 1.58. The molecule has 0 spiro atoms. The lowest BCUT2D eigenvalue weighted by atomic mass is 9.98. The average Bonchev–Trinajstić information content (AvgIpc) is 3.15. The van der Waals surface area contributed by atoms with Crippen molar-refractivity contribution in [3.63, 3.8) is 0 Å². The van der Waals surface area contributed by atoms with Gasteiger partial charge in [-0.05, 0) is 26.1 Å². The molecule has 1 saturated heterocycles. The minimum Gasteiger partial charge on any atom is -0.477 e. The Bertz CT molecular complexity index is 1050. The van der Waals surface area contributed by atoms with Gasteiger partial charge in [0.05, 0.1) is 5.39 Å². The van der Waals surface area contributed by atoms with E-state index in [4.69, 9.17) is 0 Å². The summed E-state index contributed by atoms with van der Waals surface area (Å²) in [6, 6.07) is 4.09. The summed E-state index contributed by atoms with van der Waals surface area (Å²) in [5, 5.41) is 15.2. The molecule has 0 aromatic carbocycles. The van der Waals surface area contributed by atoms with Crippen molar-refractivity contribution >= 4 is 34.2 Å². The Morgan fingerprint density at radius 2 is 2.23 bits per heavy atom. The minimum absolute atomic E-state index is 0.266. The van der Waals surface area contributed by atoms with E-state index in [0.29, 0.717) is 16.8 Å². The number of aromatic nitrogens is 3. The number of aromatic carboxylic acids is 1. The lowest BCUT2D eigenvalue weighted by molar-refractivity contribution is 0.0695. The van der Waals surface area contributed by atoms with Crippen LogP contribution in [0.2, 0.25) is 0 Å². The summed E-state index contributed by atoms with van der Waals surface area (Å²) in [5.41, 5.74) is -0.425. The van der Waals surface area contributed by atoms with Crippen molar-refractivity contribution in [3.05, 3.63) is 45.7 Å². The molecule has 2 N–H and O–H groups in total. The number of anilines is 1. The van der Waals surface area contributed by atoms with Crippen molar-refractivity contribution in [2.75, 3.05) is 18.5 Å². The Kier molecular flexibility index (Phi) is 3.97. The maximum absolute atomic E-state index is 12.5. The summed E-state index contributed by atoms with van der Waals surface area (Å²) in [6.45, 7) is 2.93. The molecule has 4 rings (SSSR count). The number of carboxylic acids is 1. The van der Waals surface area contributed by atoms with Crippen LogP contribution in [-0.2, 0) is 0 Å². The van der Waals surface area contributed by atoms with Gasteiger partial charge in [0.15, 0.2) is 10.8 Å². The molecule has 0 amide bonds. The number of nitrogens with zero attached hydrogens (tertiary/aromatic N) is 4. The summed E-state index contributed by atoms with van der Waals surface area (Å²) in [5.74, 6) is -0.510. The van der Waals surface area contributed by atoms with Crippen LogP contribution in [0, 0.1) is 0 Å². The molecule has 0 saturated carbocycles. The Labute approximate surface area is 152 Å². The minimum atomic E-state index is -1.26. The van der Waals surface area contributed by atoms with Crippen molar-refractivity contribution in [2.24, 2.45) is 0 Å². The van der Waals surface area contributed by atoms with Crippen molar-refractivity contribution in [2.45, 2.75) is 19.0 Å². The first-order valence-corrected chi connectivity index (χ1v) is 9.02. The number of likely N-dealkylation sites (N-methyl/N-ethyl adjacent to an activating group) is 1. The number of hydrogen-bond acceptors (Lipinski definition) is 7. The second kappa shape index (κ2) is 6.19. The fourth-order valence-electron chi connectivity index (χ4n) is 3.23. The van der Waals surface area contributed by atoms with E-state index in [2.05, 4.69) is 27.1 Å². The number of carbonyl (C=O) groups is 1. The highest BCUT2D eigenvalue weighted by molar-refractivity contribution is 7.12. The molecule has 2 atom stereocenters. The zero-order chi connectivity index (χ0) is 18.4. The quantitative estimate of drug-likeness (QED) is 0.714. The third-order valence-electron chi connectivity index (χ3n) is 4.82. The zero-order valence-electron chi connectivity index (χ0n) is 14.2. The van der Waals surface area contributed by atoms with E-state index < -0.39 is 11.4 Å². The molecule has 0 bridgehead atoms. The van der Waals surface area contributed by atoms with Crippen molar-refractivity contribution in [1.29, 1.82) is 0 Å². The smallest absolute Gasteiger partial charge is 0.341 e. The molecule has 8 nitrogen and oxygen atoms in total. The summed E-state index contributed by atoms with van der Waals surface area (Å²) in [6.07, 6.45) is 2.93. The summed E-state index contributed by atoms with van der Waals surface area (Å²) >= 11 is 1.35. The van der Waals surface area contributed by atoms with Gasteiger partial charge in [-0.2, -0.15) is 0 Å². The Balaban J connectivity index is 1.92. The monoisotopic (exact) mass is 371 g/mol. The van der Waals surface area contributed by atoms with Gasteiger partial charge < -0.3 is 15.3 Å². The highest BCUT2D eigenvalue weighted by Crippen LogP contribution is 2.27. The van der Waals surface area contributed by atoms with Gasteiger partial charge in [-0.25, -0.2) is 14.8 Å². The molecule has 0 radical (unpaired) electrons. The largest absolute Gasteiger partial charge is 0.477 e. The van der Waals surface area contributed by atoms with Crippen LogP contribution in [0.4, 0.5) is 5.82 Å². The third-order valence-corrected chi connectivity index (χ3v) is 5.59. The Morgan fingerprint density at radius 3 is 2.85 bits per heavy atom. The molecule has 3 aromatic heterocycles. The van der Waals surface area contributed by atoms with Crippen LogP contribution in [0.15, 0.2) is 34.7 Å². The maximum Gasteiger partial charge on any atom is 0.341 e. The van der Waals surface area contributed by atoms with Crippen LogP contribution in [0.3, 0.4) is 0 Å². The number of rotatable bonds is 4. The standard InChI is InChI=1S/C17H17N5O3S/c1-9-12(18-2)8-21(9)13-4-3-10-14(23)11(16(24)25)7-22(15(10)20-13)17-19-5-6-26-17/h3-7,9,12,18H,8H2,1-2H3,(H,24,25)/t9-,12+/m0/s1. The molecule has 134 valence electrons. The van der Waals surface area contributed by atoms with E-state index in [1.165, 1.54) is 17.5 Å². The van der Waals surface area contributed by atoms with E-state index in [1.807, 2.05) is 7.05 Å². The van der Waals surface area contributed by atoms with Gasteiger partial charge in [-0.3, -0.25) is 9.36 Å². The molecule has 1 fully saturated rings. The number of fused-ring (bicyclic) bond motifs is 1. The van der Waals surface area contributed by atoms with Gasteiger partial charge in [0.2, 0.25) is 5.43 Å². The molecule has 1 aliphatic heterocycles. The van der Waals surface area contributed by atoms with Gasteiger partial charge in [0.25, 0.3) is 0 Å². The van der Waals surface area contributed by atoms with Crippen molar-refractivity contribution in [3.8, 4) is 5.13 Å². The summed E-state index contributed by atoms with van der Waals surface area (Å²) in [7, 11) is 1.93. The Hall–Kier alpha value is -2.78. The summed E-state index contributed by atoms with van der Waals surface area (Å²) in [4.78, 5) is 35.1. The first-order chi connectivity index (χ1) is 12.5. The van der Waals surface area contributed by atoms with Crippen molar-refractivity contribution in [1.82, 2.24) is 19.9 Å². The van der Waals surface area contributed by atoms with Crippen LogP contribution >= 0.6 is 11.3 Å². The molecule has 4 heterocycles. The van der Waals surface area contributed by atoms with E-state index in [9.17, 15) is 14.7 Å². The Morgan fingerprint density at radius 1 is 1.42 bits per heavy atom. The maximum atomic E-state index is 12.5. The van der Waals surface area contributed by atoms with Crippen molar-refractivity contribution < 1.29 is 9.90 Å². The van der Waals surface area contributed by atoms with Crippen LogP contribution in [-0.4, -0.2) is 51.3 Å². The normalized spacial score (nSPS) is 19.5. The second-order valence-electron chi connectivity index (χ2n) is 6.19. The van der Waals surface area contributed by atoms with E-state index >= 15 is 0 Å². The molecule has 3 aromatic rings. The second-order valence-corrected chi connectivity index (χ2v) is 7.06. The lowest BCUT2D eigenvalue weighted by Crippen LogP contribution is -2.64. The van der Waals surface area contributed by atoms with E-state index in [1.54, 1.807) is 28.3 Å². The molecular formula is C17H17N5O3S. The SMILES string of the molecule is CN[C@@H]1CN(c2ccc3c(=O)c(C(=O)O)cn(-c4nccs4)c3n2)[C@H]1C. The molecular weight excluding hydrogens is 354 g/mol. The molecule has 0 unspecified atom stereocenters. The van der Waals surface area contributed by atoms with E-state index in [-0.39, 0.29) is 17.0 Å². The first-order valence-electron chi connectivity index (χ1n) is 8.14. The molecule has 26 heavy (non-hydrogen) atoms. The molecule has 0 aliphatic carbocycles. The lowest BCUT2D eigenvalue weighted by Gasteiger charge is -2.47. The van der Waals surface area contributed by atoms with Crippen LogP contribution in [0.25, 0.3) is 16.2 Å². The molecule has 1 aliphatic rings. The first kappa shape index (κ1) is 16.7. The van der Waals surface area contributed by atoms with Gasteiger partial charge in [-0.1, -0.05) is 0 Å². The fraction of sp³-hybridized carbons (Fsp3) is 0.294. The number of nitrogens with one attached hydrogen (secondary N) is 1. The average molecular weight is 371 g/mol. The number of thiazole rings is 1. The topological polar surface area (TPSA) is 100 Å².